The van der Waals surface area contributed by atoms with Gasteiger partial charge >= 0.3 is 0 Å². The zero-order valence-corrected chi connectivity index (χ0v) is 11.7. The average molecular weight is 254 g/mol. The van der Waals surface area contributed by atoms with Crippen LogP contribution in [0.25, 0.3) is 0 Å². The summed E-state index contributed by atoms with van der Waals surface area (Å²) in [7, 11) is 0. The normalized spacial score (nSPS) is 12.8. The maximum atomic E-state index is 9.97. The number of ether oxygens (including phenoxy) is 1. The van der Waals surface area contributed by atoms with Crippen LogP contribution in [0.2, 0.25) is 0 Å². The Bertz CT molecular complexity index is 309. The number of aliphatic hydroxyl groups excluding tert-OH is 1. The summed E-state index contributed by atoms with van der Waals surface area (Å²) in [5.41, 5.74) is 0.960. The third-order valence-electron chi connectivity index (χ3n) is 2.33. The molecule has 1 aromatic rings. The molecule has 0 spiro atoms. The Kier molecular flexibility index (Phi) is 6.45. The number of thioether (sulfide) groups is 1. The van der Waals surface area contributed by atoms with Gasteiger partial charge in [0.1, 0.15) is 5.75 Å². The van der Waals surface area contributed by atoms with Gasteiger partial charge in [-0.25, -0.2) is 0 Å². The fraction of sp³-hybridized carbons (Fsp3) is 0.571. The highest BCUT2D eigenvalue weighted by Crippen LogP contribution is 2.23. The van der Waals surface area contributed by atoms with Crippen LogP contribution in [0, 0.1) is 0 Å². The molecule has 1 atom stereocenters. The predicted molar refractivity (Wildman–Crippen MR) is 74.8 cm³/mol. The largest absolute Gasteiger partial charge is 0.494 e. The molecule has 1 rings (SSSR count). The minimum absolute atomic E-state index is 0.386. The highest BCUT2D eigenvalue weighted by atomic mass is 32.2. The van der Waals surface area contributed by atoms with Crippen molar-refractivity contribution in [2.24, 2.45) is 0 Å². The van der Waals surface area contributed by atoms with E-state index in [0.29, 0.717) is 5.25 Å². The lowest BCUT2D eigenvalue weighted by molar-refractivity contribution is 0.204. The van der Waals surface area contributed by atoms with Gasteiger partial charge in [0.15, 0.2) is 0 Å². The van der Waals surface area contributed by atoms with E-state index in [2.05, 4.69) is 20.8 Å². The van der Waals surface area contributed by atoms with E-state index in [1.165, 1.54) is 0 Å². The van der Waals surface area contributed by atoms with Crippen molar-refractivity contribution in [3.05, 3.63) is 29.8 Å². The summed E-state index contributed by atoms with van der Waals surface area (Å²) >= 11 is 1.77. The molecule has 1 N–H and O–H groups in total. The molecule has 0 aromatic heterocycles. The topological polar surface area (TPSA) is 29.5 Å². The number of hydrogen-bond donors (Lipinski definition) is 1. The Hall–Kier alpha value is -0.670. The molecule has 0 fully saturated rings. The van der Waals surface area contributed by atoms with E-state index in [1.807, 2.05) is 24.3 Å². The van der Waals surface area contributed by atoms with Crippen LogP contribution in [-0.2, 0) is 0 Å². The maximum Gasteiger partial charge on any atom is 0.119 e. The predicted octanol–water partition coefficient (Wildman–Crippen LogP) is 3.65. The maximum absolute atomic E-state index is 9.97. The molecule has 1 unspecified atom stereocenters. The van der Waals surface area contributed by atoms with Gasteiger partial charge in [0.05, 0.1) is 12.7 Å². The number of rotatable bonds is 7. The standard InChI is InChI=1S/C14H22O2S/c1-4-9-16-13-7-5-12(6-8-13)14(15)10-17-11(2)3/h5-8,11,14-15H,4,9-10H2,1-3H3. The van der Waals surface area contributed by atoms with Gasteiger partial charge in [-0.3, -0.25) is 0 Å². The minimum Gasteiger partial charge on any atom is -0.494 e. The first kappa shape index (κ1) is 14.4. The molecule has 0 aliphatic heterocycles. The van der Waals surface area contributed by atoms with Crippen LogP contribution in [0.1, 0.15) is 38.9 Å². The molecular weight excluding hydrogens is 232 g/mol. The Morgan fingerprint density at radius 1 is 1.24 bits per heavy atom. The molecule has 0 bridgehead atoms. The van der Waals surface area contributed by atoms with Crippen molar-refractivity contribution in [1.29, 1.82) is 0 Å². The average Bonchev–Trinajstić information content (AvgIpc) is 2.34. The first-order chi connectivity index (χ1) is 8.13. The van der Waals surface area contributed by atoms with Crippen molar-refractivity contribution < 1.29 is 9.84 Å². The SMILES string of the molecule is CCCOc1ccc(C(O)CSC(C)C)cc1. The van der Waals surface area contributed by atoms with Gasteiger partial charge in [0.2, 0.25) is 0 Å². The highest BCUT2D eigenvalue weighted by molar-refractivity contribution is 7.99. The van der Waals surface area contributed by atoms with Crippen LogP contribution < -0.4 is 4.74 Å². The second kappa shape index (κ2) is 7.62. The third kappa shape index (κ3) is 5.46. The van der Waals surface area contributed by atoms with Crippen molar-refractivity contribution in [3.63, 3.8) is 0 Å². The summed E-state index contributed by atoms with van der Waals surface area (Å²) in [5, 5.41) is 10.5. The van der Waals surface area contributed by atoms with Crippen molar-refractivity contribution >= 4 is 11.8 Å². The van der Waals surface area contributed by atoms with Crippen LogP contribution in [-0.4, -0.2) is 22.7 Å². The lowest BCUT2D eigenvalue weighted by atomic mass is 10.1. The molecule has 96 valence electrons. The van der Waals surface area contributed by atoms with Gasteiger partial charge in [-0.15, -0.1) is 0 Å². The lowest BCUT2D eigenvalue weighted by Gasteiger charge is -2.13. The Morgan fingerprint density at radius 3 is 2.41 bits per heavy atom. The second-order valence-electron chi connectivity index (χ2n) is 4.32. The number of benzene rings is 1. The number of aliphatic hydroxyl groups is 1. The summed E-state index contributed by atoms with van der Waals surface area (Å²) in [6.45, 7) is 7.10. The molecular formula is C14H22O2S. The van der Waals surface area contributed by atoms with Crippen molar-refractivity contribution in [2.45, 2.75) is 38.5 Å². The smallest absolute Gasteiger partial charge is 0.119 e. The molecule has 0 heterocycles. The second-order valence-corrected chi connectivity index (χ2v) is 5.92. The lowest BCUT2D eigenvalue weighted by Crippen LogP contribution is -2.03. The molecule has 2 nitrogen and oxygen atoms in total. The van der Waals surface area contributed by atoms with E-state index >= 15 is 0 Å². The molecule has 0 aliphatic rings. The zero-order chi connectivity index (χ0) is 12.7. The Labute approximate surface area is 108 Å². The summed E-state index contributed by atoms with van der Waals surface area (Å²) in [6, 6.07) is 7.73. The van der Waals surface area contributed by atoms with Crippen molar-refractivity contribution in [2.75, 3.05) is 12.4 Å². The van der Waals surface area contributed by atoms with Crippen LogP contribution in [0.15, 0.2) is 24.3 Å². The zero-order valence-electron chi connectivity index (χ0n) is 10.8. The van der Waals surface area contributed by atoms with Crippen molar-refractivity contribution in [3.8, 4) is 5.75 Å². The Balaban J connectivity index is 2.48. The highest BCUT2D eigenvalue weighted by Gasteiger charge is 2.08. The molecule has 0 saturated heterocycles. The molecule has 3 heteroatoms. The van der Waals surface area contributed by atoms with E-state index in [-0.39, 0.29) is 6.10 Å². The van der Waals surface area contributed by atoms with E-state index in [0.717, 1.165) is 30.1 Å². The first-order valence-electron chi connectivity index (χ1n) is 6.16. The monoisotopic (exact) mass is 254 g/mol. The van der Waals surface area contributed by atoms with Gasteiger partial charge < -0.3 is 9.84 Å². The quantitative estimate of drug-likeness (QED) is 0.805. The van der Waals surface area contributed by atoms with E-state index in [1.54, 1.807) is 11.8 Å². The van der Waals surface area contributed by atoms with Crippen LogP contribution >= 0.6 is 11.8 Å². The molecule has 1 aromatic carbocycles. The van der Waals surface area contributed by atoms with Crippen LogP contribution in [0.5, 0.6) is 5.75 Å². The van der Waals surface area contributed by atoms with Gasteiger partial charge in [-0.05, 0) is 29.4 Å². The van der Waals surface area contributed by atoms with Crippen LogP contribution in [0.4, 0.5) is 0 Å². The van der Waals surface area contributed by atoms with Gasteiger partial charge in [-0.2, -0.15) is 11.8 Å². The van der Waals surface area contributed by atoms with E-state index in [4.69, 9.17) is 4.74 Å². The summed E-state index contributed by atoms with van der Waals surface area (Å²) < 4.78 is 5.50. The van der Waals surface area contributed by atoms with E-state index < -0.39 is 0 Å². The van der Waals surface area contributed by atoms with Gasteiger partial charge in [0.25, 0.3) is 0 Å². The fourth-order valence-corrected chi connectivity index (χ4v) is 2.15. The van der Waals surface area contributed by atoms with E-state index in [9.17, 15) is 5.11 Å². The fourth-order valence-electron chi connectivity index (χ4n) is 1.39. The Morgan fingerprint density at radius 2 is 1.88 bits per heavy atom. The van der Waals surface area contributed by atoms with Crippen molar-refractivity contribution in [1.82, 2.24) is 0 Å². The van der Waals surface area contributed by atoms with Crippen LogP contribution in [0.3, 0.4) is 0 Å². The molecule has 0 saturated carbocycles. The molecule has 17 heavy (non-hydrogen) atoms. The minimum atomic E-state index is -0.386. The summed E-state index contributed by atoms with van der Waals surface area (Å²) in [5.74, 6) is 1.62. The first-order valence-corrected chi connectivity index (χ1v) is 7.20. The summed E-state index contributed by atoms with van der Waals surface area (Å²) in [4.78, 5) is 0. The summed E-state index contributed by atoms with van der Waals surface area (Å²) in [6.07, 6.45) is 0.623. The molecule has 0 aliphatic carbocycles. The van der Waals surface area contributed by atoms with Gasteiger partial charge in [0, 0.05) is 5.75 Å². The molecule has 0 amide bonds. The van der Waals surface area contributed by atoms with Gasteiger partial charge in [-0.1, -0.05) is 32.9 Å². The third-order valence-corrected chi connectivity index (χ3v) is 3.50. The molecule has 0 radical (unpaired) electrons. The number of hydrogen-bond acceptors (Lipinski definition) is 3.